The van der Waals surface area contributed by atoms with Gasteiger partial charge in [0.25, 0.3) is 5.91 Å². The molecule has 0 aliphatic heterocycles. The molecule has 0 fully saturated rings. The molecule has 0 spiro atoms. The standard InChI is InChI=1S/C13H15N3O/c1-16-12(8-10-15-16)7-9-14-13(17)11-5-3-2-4-6-11/h2-6,8,10H,7,9H2,1H3,(H,14,17). The minimum Gasteiger partial charge on any atom is -0.352 e. The third kappa shape index (κ3) is 2.93. The molecule has 0 saturated heterocycles. The molecule has 1 aromatic carbocycles. The maximum absolute atomic E-state index is 11.7. The van der Waals surface area contributed by atoms with Gasteiger partial charge in [0, 0.05) is 37.5 Å². The summed E-state index contributed by atoms with van der Waals surface area (Å²) in [4.78, 5) is 11.7. The Kier molecular flexibility index (Phi) is 3.55. The summed E-state index contributed by atoms with van der Waals surface area (Å²) in [5, 5.41) is 6.96. The molecule has 1 heterocycles. The van der Waals surface area contributed by atoms with Crippen molar-refractivity contribution in [3.8, 4) is 0 Å². The summed E-state index contributed by atoms with van der Waals surface area (Å²) in [6, 6.07) is 11.2. The number of benzene rings is 1. The molecule has 0 aliphatic rings. The van der Waals surface area contributed by atoms with Crippen molar-refractivity contribution < 1.29 is 4.79 Å². The summed E-state index contributed by atoms with van der Waals surface area (Å²) in [7, 11) is 1.90. The first-order valence-corrected chi connectivity index (χ1v) is 5.57. The topological polar surface area (TPSA) is 46.9 Å². The second-order valence-corrected chi connectivity index (χ2v) is 3.82. The van der Waals surface area contributed by atoms with Crippen LogP contribution in [0.4, 0.5) is 0 Å². The van der Waals surface area contributed by atoms with Gasteiger partial charge in [-0.2, -0.15) is 5.10 Å². The Bertz CT molecular complexity index is 490. The fourth-order valence-electron chi connectivity index (χ4n) is 1.64. The largest absolute Gasteiger partial charge is 0.352 e. The van der Waals surface area contributed by atoms with Crippen LogP contribution in [0.25, 0.3) is 0 Å². The SMILES string of the molecule is Cn1nccc1CCNC(=O)c1ccccc1. The van der Waals surface area contributed by atoms with Gasteiger partial charge in [-0.3, -0.25) is 9.48 Å². The number of amides is 1. The molecule has 4 heteroatoms. The normalized spacial score (nSPS) is 10.2. The Morgan fingerprint density at radius 1 is 1.29 bits per heavy atom. The Morgan fingerprint density at radius 3 is 2.71 bits per heavy atom. The lowest BCUT2D eigenvalue weighted by Gasteiger charge is -2.05. The first kappa shape index (κ1) is 11.4. The van der Waals surface area contributed by atoms with Gasteiger partial charge in [0.1, 0.15) is 0 Å². The number of nitrogens with zero attached hydrogens (tertiary/aromatic N) is 2. The monoisotopic (exact) mass is 229 g/mol. The Morgan fingerprint density at radius 2 is 2.06 bits per heavy atom. The molecule has 88 valence electrons. The summed E-state index contributed by atoms with van der Waals surface area (Å²) in [6.45, 7) is 0.618. The van der Waals surface area contributed by atoms with Gasteiger partial charge in [0.05, 0.1) is 0 Å². The third-order valence-electron chi connectivity index (χ3n) is 2.63. The van der Waals surface area contributed by atoms with Gasteiger partial charge in [-0.05, 0) is 18.2 Å². The molecule has 2 aromatic rings. The highest BCUT2D eigenvalue weighted by molar-refractivity contribution is 5.94. The van der Waals surface area contributed by atoms with Crippen molar-refractivity contribution >= 4 is 5.91 Å². The van der Waals surface area contributed by atoms with Crippen LogP contribution in [0.15, 0.2) is 42.6 Å². The highest BCUT2D eigenvalue weighted by Gasteiger charge is 2.04. The van der Waals surface area contributed by atoms with Crippen LogP contribution in [0, 0.1) is 0 Å². The van der Waals surface area contributed by atoms with Crippen molar-refractivity contribution in [2.24, 2.45) is 7.05 Å². The Hall–Kier alpha value is -2.10. The zero-order chi connectivity index (χ0) is 12.1. The molecule has 4 nitrogen and oxygen atoms in total. The number of hydrogen-bond donors (Lipinski definition) is 1. The number of aromatic nitrogens is 2. The number of nitrogens with one attached hydrogen (secondary N) is 1. The van der Waals surface area contributed by atoms with E-state index < -0.39 is 0 Å². The van der Waals surface area contributed by atoms with Crippen LogP contribution in [0.2, 0.25) is 0 Å². The lowest BCUT2D eigenvalue weighted by Crippen LogP contribution is -2.26. The average Bonchev–Trinajstić information content (AvgIpc) is 2.76. The predicted molar refractivity (Wildman–Crippen MR) is 65.7 cm³/mol. The maximum atomic E-state index is 11.7. The third-order valence-corrected chi connectivity index (χ3v) is 2.63. The molecule has 17 heavy (non-hydrogen) atoms. The second-order valence-electron chi connectivity index (χ2n) is 3.82. The van der Waals surface area contributed by atoms with Crippen molar-refractivity contribution in [1.82, 2.24) is 15.1 Å². The van der Waals surface area contributed by atoms with E-state index in [0.29, 0.717) is 12.1 Å². The number of aryl methyl sites for hydroxylation is 1. The van der Waals surface area contributed by atoms with Gasteiger partial charge >= 0.3 is 0 Å². The first-order chi connectivity index (χ1) is 8.27. The quantitative estimate of drug-likeness (QED) is 0.861. The molecular formula is C13H15N3O. The molecule has 0 saturated carbocycles. The minimum atomic E-state index is -0.0345. The van der Waals surface area contributed by atoms with E-state index >= 15 is 0 Å². The van der Waals surface area contributed by atoms with Crippen LogP contribution in [-0.2, 0) is 13.5 Å². The lowest BCUT2D eigenvalue weighted by atomic mass is 10.2. The summed E-state index contributed by atoms with van der Waals surface area (Å²) in [5.74, 6) is -0.0345. The maximum Gasteiger partial charge on any atom is 0.251 e. The molecule has 0 unspecified atom stereocenters. The zero-order valence-electron chi connectivity index (χ0n) is 9.76. The highest BCUT2D eigenvalue weighted by Crippen LogP contribution is 1.99. The Balaban J connectivity index is 1.84. The molecule has 1 amide bonds. The van der Waals surface area contributed by atoms with Crippen LogP contribution >= 0.6 is 0 Å². The van der Waals surface area contributed by atoms with Crippen molar-refractivity contribution in [3.63, 3.8) is 0 Å². The molecular weight excluding hydrogens is 214 g/mol. The fraction of sp³-hybridized carbons (Fsp3) is 0.231. The Labute approximate surface area is 100 Å². The van der Waals surface area contributed by atoms with Gasteiger partial charge in [-0.25, -0.2) is 0 Å². The minimum absolute atomic E-state index is 0.0345. The van der Waals surface area contributed by atoms with Crippen molar-refractivity contribution in [2.75, 3.05) is 6.54 Å². The molecule has 1 aromatic heterocycles. The van der Waals surface area contributed by atoms with E-state index in [4.69, 9.17) is 0 Å². The second kappa shape index (κ2) is 5.30. The first-order valence-electron chi connectivity index (χ1n) is 5.57. The summed E-state index contributed by atoms with van der Waals surface area (Å²) in [6.07, 6.45) is 2.55. The van der Waals surface area contributed by atoms with Crippen LogP contribution in [0.1, 0.15) is 16.1 Å². The molecule has 2 rings (SSSR count). The lowest BCUT2D eigenvalue weighted by molar-refractivity contribution is 0.0954. The van der Waals surface area contributed by atoms with Gasteiger partial charge in [0.2, 0.25) is 0 Å². The van der Waals surface area contributed by atoms with E-state index in [1.54, 1.807) is 18.3 Å². The van der Waals surface area contributed by atoms with Gasteiger partial charge in [0.15, 0.2) is 0 Å². The van der Waals surface area contributed by atoms with Crippen molar-refractivity contribution in [3.05, 3.63) is 53.9 Å². The summed E-state index contributed by atoms with van der Waals surface area (Å²) < 4.78 is 1.81. The summed E-state index contributed by atoms with van der Waals surface area (Å²) >= 11 is 0. The van der Waals surface area contributed by atoms with E-state index in [9.17, 15) is 4.79 Å². The van der Waals surface area contributed by atoms with Crippen molar-refractivity contribution in [2.45, 2.75) is 6.42 Å². The predicted octanol–water partition coefficient (Wildman–Crippen LogP) is 1.39. The number of hydrogen-bond acceptors (Lipinski definition) is 2. The zero-order valence-corrected chi connectivity index (χ0v) is 9.76. The summed E-state index contributed by atoms with van der Waals surface area (Å²) in [5.41, 5.74) is 1.80. The van der Waals surface area contributed by atoms with E-state index in [0.717, 1.165) is 12.1 Å². The fourth-order valence-corrected chi connectivity index (χ4v) is 1.64. The molecule has 0 atom stereocenters. The number of carbonyl (C=O) groups excluding carboxylic acids is 1. The van der Waals surface area contributed by atoms with Crippen LogP contribution in [-0.4, -0.2) is 22.2 Å². The smallest absolute Gasteiger partial charge is 0.251 e. The van der Waals surface area contributed by atoms with E-state index in [1.165, 1.54) is 0 Å². The molecule has 0 bridgehead atoms. The molecule has 0 aliphatic carbocycles. The van der Waals surface area contributed by atoms with Crippen LogP contribution < -0.4 is 5.32 Å². The van der Waals surface area contributed by atoms with Gasteiger partial charge < -0.3 is 5.32 Å². The van der Waals surface area contributed by atoms with Gasteiger partial charge in [-0.1, -0.05) is 18.2 Å². The molecule has 0 radical (unpaired) electrons. The van der Waals surface area contributed by atoms with Crippen molar-refractivity contribution in [1.29, 1.82) is 0 Å². The van der Waals surface area contributed by atoms with Crippen LogP contribution in [0.3, 0.4) is 0 Å². The molecule has 1 N–H and O–H groups in total. The highest BCUT2D eigenvalue weighted by atomic mass is 16.1. The number of carbonyl (C=O) groups is 1. The average molecular weight is 229 g/mol. The van der Waals surface area contributed by atoms with Gasteiger partial charge in [-0.15, -0.1) is 0 Å². The number of rotatable bonds is 4. The van der Waals surface area contributed by atoms with E-state index in [2.05, 4.69) is 10.4 Å². The van der Waals surface area contributed by atoms with E-state index in [1.807, 2.05) is 36.0 Å². The van der Waals surface area contributed by atoms with E-state index in [-0.39, 0.29) is 5.91 Å². The van der Waals surface area contributed by atoms with Crippen LogP contribution in [0.5, 0.6) is 0 Å².